The largest absolute Gasteiger partial charge is 0.378 e. The van der Waals surface area contributed by atoms with Crippen molar-refractivity contribution >= 4 is 0 Å². The van der Waals surface area contributed by atoms with Crippen molar-refractivity contribution in [1.82, 2.24) is 15.1 Å². The summed E-state index contributed by atoms with van der Waals surface area (Å²) in [6.07, 6.45) is 8.45. The molecule has 2 aliphatic carbocycles. The Bertz CT molecular complexity index is 498. The van der Waals surface area contributed by atoms with E-state index >= 15 is 0 Å². The molecule has 1 aromatic heterocycles. The van der Waals surface area contributed by atoms with Gasteiger partial charge in [0.2, 0.25) is 0 Å². The fourth-order valence-electron chi connectivity index (χ4n) is 4.13. The van der Waals surface area contributed by atoms with Gasteiger partial charge in [0.15, 0.2) is 0 Å². The third-order valence-corrected chi connectivity index (χ3v) is 5.89. The Kier molecular flexibility index (Phi) is 4.10. The fraction of sp³-hybridized carbons (Fsp3) is 0.824. The lowest BCUT2D eigenvalue weighted by Crippen LogP contribution is -2.62. The number of hydrogen-bond donors (Lipinski definition) is 1. The van der Waals surface area contributed by atoms with Crippen LogP contribution >= 0.6 is 0 Å². The molecule has 1 N–H and O–H groups in total. The molecule has 4 nitrogen and oxygen atoms in total. The molecule has 4 atom stereocenters. The number of fused-ring (bicyclic) bond motifs is 1. The van der Waals surface area contributed by atoms with E-state index in [1.54, 1.807) is 0 Å². The van der Waals surface area contributed by atoms with Crippen molar-refractivity contribution in [1.29, 1.82) is 0 Å². The molecule has 0 amide bonds. The van der Waals surface area contributed by atoms with Gasteiger partial charge >= 0.3 is 0 Å². The Morgan fingerprint density at radius 1 is 1.48 bits per heavy atom. The topological polar surface area (TPSA) is 39.1 Å². The molecule has 1 saturated carbocycles. The SMILES string of the molecule is CCOC1CC(NC2CCCc3c2cnn3C)C1(C)CC. The first-order valence-electron chi connectivity index (χ1n) is 8.48. The van der Waals surface area contributed by atoms with Gasteiger partial charge in [-0.2, -0.15) is 5.10 Å². The third kappa shape index (κ3) is 2.42. The summed E-state index contributed by atoms with van der Waals surface area (Å²) in [5.41, 5.74) is 3.11. The zero-order chi connectivity index (χ0) is 15.0. The minimum absolute atomic E-state index is 0.274. The standard InChI is InChI=1S/C17H29N3O/c1-5-17(3)15(10-16(17)21-6-2)19-13-8-7-9-14-12(13)11-18-20(14)4/h11,13,15-16,19H,5-10H2,1-4H3. The second-order valence-corrected chi connectivity index (χ2v) is 6.87. The monoisotopic (exact) mass is 291 g/mol. The molecule has 0 saturated heterocycles. The summed E-state index contributed by atoms with van der Waals surface area (Å²) in [5, 5.41) is 8.37. The van der Waals surface area contributed by atoms with Crippen molar-refractivity contribution < 1.29 is 4.74 Å². The summed E-state index contributed by atoms with van der Waals surface area (Å²) in [4.78, 5) is 0. The summed E-state index contributed by atoms with van der Waals surface area (Å²) in [7, 11) is 2.06. The van der Waals surface area contributed by atoms with Crippen LogP contribution < -0.4 is 5.32 Å². The second kappa shape index (κ2) is 5.73. The number of aryl methyl sites for hydroxylation is 1. The Labute approximate surface area is 128 Å². The van der Waals surface area contributed by atoms with Gasteiger partial charge in [-0.15, -0.1) is 0 Å². The van der Waals surface area contributed by atoms with Crippen LogP contribution in [0, 0.1) is 5.41 Å². The molecule has 0 spiro atoms. The van der Waals surface area contributed by atoms with E-state index in [1.807, 2.05) is 4.68 Å². The van der Waals surface area contributed by atoms with E-state index in [2.05, 4.69) is 44.4 Å². The van der Waals surface area contributed by atoms with Gasteiger partial charge in [0.05, 0.1) is 12.3 Å². The van der Waals surface area contributed by atoms with E-state index in [9.17, 15) is 0 Å². The predicted octanol–water partition coefficient (Wildman–Crippen LogP) is 2.98. The van der Waals surface area contributed by atoms with E-state index in [4.69, 9.17) is 4.74 Å². The summed E-state index contributed by atoms with van der Waals surface area (Å²) in [5.74, 6) is 0. The zero-order valence-corrected chi connectivity index (χ0v) is 13.9. The first kappa shape index (κ1) is 15.0. The molecule has 21 heavy (non-hydrogen) atoms. The molecular weight excluding hydrogens is 262 g/mol. The number of nitrogens with zero attached hydrogens (tertiary/aromatic N) is 2. The van der Waals surface area contributed by atoms with Crippen LogP contribution in [0.4, 0.5) is 0 Å². The lowest BCUT2D eigenvalue weighted by Gasteiger charge is -2.55. The first-order valence-corrected chi connectivity index (χ1v) is 8.48. The van der Waals surface area contributed by atoms with Crippen molar-refractivity contribution in [3.63, 3.8) is 0 Å². The quantitative estimate of drug-likeness (QED) is 0.906. The summed E-state index contributed by atoms with van der Waals surface area (Å²) < 4.78 is 7.97. The highest BCUT2D eigenvalue weighted by atomic mass is 16.5. The minimum atomic E-state index is 0.274. The van der Waals surface area contributed by atoms with Crippen molar-refractivity contribution in [2.45, 2.75) is 71.1 Å². The van der Waals surface area contributed by atoms with E-state index < -0.39 is 0 Å². The predicted molar refractivity (Wildman–Crippen MR) is 84.2 cm³/mol. The van der Waals surface area contributed by atoms with Gasteiger partial charge < -0.3 is 10.1 Å². The average molecular weight is 291 g/mol. The summed E-state index contributed by atoms with van der Waals surface area (Å²) in [6.45, 7) is 7.58. The zero-order valence-electron chi connectivity index (χ0n) is 13.9. The molecule has 2 aliphatic rings. The highest BCUT2D eigenvalue weighted by Gasteiger charge is 2.51. The minimum Gasteiger partial charge on any atom is -0.378 e. The average Bonchev–Trinajstić information content (AvgIpc) is 2.88. The molecule has 0 radical (unpaired) electrons. The van der Waals surface area contributed by atoms with Crippen LogP contribution in [-0.4, -0.2) is 28.5 Å². The van der Waals surface area contributed by atoms with E-state index in [-0.39, 0.29) is 5.41 Å². The van der Waals surface area contributed by atoms with Crippen molar-refractivity contribution in [2.75, 3.05) is 6.61 Å². The number of nitrogens with one attached hydrogen (secondary N) is 1. The molecule has 0 bridgehead atoms. The number of rotatable bonds is 5. The summed E-state index contributed by atoms with van der Waals surface area (Å²) >= 11 is 0. The third-order valence-electron chi connectivity index (χ3n) is 5.89. The van der Waals surface area contributed by atoms with Crippen molar-refractivity contribution in [3.05, 3.63) is 17.5 Å². The molecule has 1 fully saturated rings. The Morgan fingerprint density at radius 2 is 2.29 bits per heavy atom. The Balaban J connectivity index is 1.71. The lowest BCUT2D eigenvalue weighted by molar-refractivity contribution is -0.128. The van der Waals surface area contributed by atoms with Crippen LogP contribution in [0.1, 0.15) is 63.8 Å². The highest BCUT2D eigenvalue weighted by molar-refractivity contribution is 5.25. The number of ether oxygens (including phenoxy) is 1. The molecule has 118 valence electrons. The van der Waals surface area contributed by atoms with Crippen LogP contribution in [0.25, 0.3) is 0 Å². The Morgan fingerprint density at radius 3 is 3.00 bits per heavy atom. The molecule has 4 heteroatoms. The second-order valence-electron chi connectivity index (χ2n) is 6.87. The van der Waals surface area contributed by atoms with E-state index in [1.165, 1.54) is 36.9 Å². The maximum absolute atomic E-state index is 5.92. The van der Waals surface area contributed by atoms with Gasteiger partial charge in [-0.25, -0.2) is 0 Å². The first-order chi connectivity index (χ1) is 10.1. The van der Waals surface area contributed by atoms with Crippen LogP contribution in [0.3, 0.4) is 0 Å². The van der Waals surface area contributed by atoms with Crippen molar-refractivity contribution in [2.24, 2.45) is 12.5 Å². The van der Waals surface area contributed by atoms with Gasteiger partial charge in [-0.1, -0.05) is 13.8 Å². The summed E-state index contributed by atoms with van der Waals surface area (Å²) in [6, 6.07) is 1.04. The molecule has 1 aromatic rings. The van der Waals surface area contributed by atoms with Crippen molar-refractivity contribution in [3.8, 4) is 0 Å². The van der Waals surface area contributed by atoms with Crippen LogP contribution in [-0.2, 0) is 18.2 Å². The highest BCUT2D eigenvalue weighted by Crippen LogP contribution is 2.47. The van der Waals surface area contributed by atoms with Crippen LogP contribution in [0.5, 0.6) is 0 Å². The molecule has 4 unspecified atom stereocenters. The van der Waals surface area contributed by atoms with Gasteiger partial charge in [-0.05, 0) is 39.0 Å². The van der Waals surface area contributed by atoms with Gasteiger partial charge in [0, 0.05) is 42.4 Å². The van der Waals surface area contributed by atoms with E-state index in [0.717, 1.165) is 13.0 Å². The van der Waals surface area contributed by atoms with Gasteiger partial charge in [0.1, 0.15) is 0 Å². The van der Waals surface area contributed by atoms with Gasteiger partial charge in [-0.3, -0.25) is 4.68 Å². The normalized spacial score (nSPS) is 35.3. The van der Waals surface area contributed by atoms with Gasteiger partial charge in [0.25, 0.3) is 0 Å². The number of aromatic nitrogens is 2. The molecule has 0 aliphatic heterocycles. The maximum atomic E-state index is 5.92. The molecule has 0 aromatic carbocycles. The van der Waals surface area contributed by atoms with Crippen LogP contribution in [0.2, 0.25) is 0 Å². The fourth-order valence-corrected chi connectivity index (χ4v) is 4.13. The van der Waals surface area contributed by atoms with E-state index in [0.29, 0.717) is 18.2 Å². The van der Waals surface area contributed by atoms with Crippen LogP contribution in [0.15, 0.2) is 6.20 Å². The molecular formula is C17H29N3O. The number of hydrogen-bond acceptors (Lipinski definition) is 3. The molecule has 3 rings (SSSR count). The smallest absolute Gasteiger partial charge is 0.0658 e. The lowest BCUT2D eigenvalue weighted by atomic mass is 9.61. The Hall–Kier alpha value is -0.870. The maximum Gasteiger partial charge on any atom is 0.0658 e. The molecule has 1 heterocycles.